The molecule has 0 bridgehead atoms. The van der Waals surface area contributed by atoms with Crippen molar-refractivity contribution in [1.29, 1.82) is 0 Å². The van der Waals surface area contributed by atoms with Gasteiger partial charge in [-0.3, -0.25) is 4.74 Å². The average Bonchev–Trinajstić information content (AvgIpc) is 2.66. The standard InChI is InChI=1S/C23H35F3O/c1-2-3-4-17-5-7-18(8-6-17)19-9-11-20(12-10-19)21-13-15-22(16-14-21)27-23(24,25)26/h2,11,17-19,21-22H,1,3-10,12-16H2/t17?,18?,19-,21?,22?/m0/s1. The Balaban J connectivity index is 1.40. The Morgan fingerprint density at radius 2 is 1.67 bits per heavy atom. The third-order valence-corrected chi connectivity index (χ3v) is 7.32. The summed E-state index contributed by atoms with van der Waals surface area (Å²) in [7, 11) is 0. The molecule has 0 unspecified atom stereocenters. The van der Waals surface area contributed by atoms with Crippen LogP contribution in [0, 0.1) is 23.7 Å². The molecule has 0 heterocycles. The molecule has 2 saturated carbocycles. The summed E-state index contributed by atoms with van der Waals surface area (Å²) in [5.74, 6) is 3.12. The zero-order valence-corrected chi connectivity index (χ0v) is 16.5. The second-order valence-electron chi connectivity index (χ2n) is 9.00. The molecule has 0 radical (unpaired) electrons. The molecule has 3 aliphatic rings. The molecule has 0 amide bonds. The van der Waals surface area contributed by atoms with Crippen molar-refractivity contribution < 1.29 is 17.9 Å². The molecule has 27 heavy (non-hydrogen) atoms. The molecule has 1 nitrogen and oxygen atoms in total. The van der Waals surface area contributed by atoms with Gasteiger partial charge >= 0.3 is 6.36 Å². The summed E-state index contributed by atoms with van der Waals surface area (Å²) in [4.78, 5) is 0. The van der Waals surface area contributed by atoms with Crippen LogP contribution < -0.4 is 0 Å². The highest BCUT2D eigenvalue weighted by Gasteiger charge is 2.36. The first-order valence-corrected chi connectivity index (χ1v) is 11.0. The third kappa shape index (κ3) is 6.37. The van der Waals surface area contributed by atoms with Gasteiger partial charge in [0, 0.05) is 0 Å². The van der Waals surface area contributed by atoms with E-state index >= 15 is 0 Å². The maximum absolute atomic E-state index is 12.4. The second kappa shape index (κ2) is 9.62. The molecule has 154 valence electrons. The lowest BCUT2D eigenvalue weighted by Gasteiger charge is -2.37. The maximum Gasteiger partial charge on any atom is 0.522 e. The Labute approximate surface area is 162 Å². The molecule has 0 aromatic carbocycles. The summed E-state index contributed by atoms with van der Waals surface area (Å²) >= 11 is 0. The van der Waals surface area contributed by atoms with Crippen LogP contribution in [0.25, 0.3) is 0 Å². The fourth-order valence-corrected chi connectivity index (χ4v) is 5.72. The van der Waals surface area contributed by atoms with Crippen LogP contribution in [-0.4, -0.2) is 12.5 Å². The largest absolute Gasteiger partial charge is 0.522 e. The Kier molecular flexibility index (Phi) is 7.47. The summed E-state index contributed by atoms with van der Waals surface area (Å²) < 4.78 is 41.3. The van der Waals surface area contributed by atoms with Crippen molar-refractivity contribution >= 4 is 0 Å². The quantitative estimate of drug-likeness (QED) is 0.429. The molecule has 3 rings (SSSR count). The van der Waals surface area contributed by atoms with Crippen LogP contribution >= 0.6 is 0 Å². The highest BCUT2D eigenvalue weighted by molar-refractivity contribution is 5.12. The zero-order valence-electron chi connectivity index (χ0n) is 16.5. The molecule has 3 aliphatic carbocycles. The van der Waals surface area contributed by atoms with Gasteiger partial charge in [-0.1, -0.05) is 30.6 Å². The van der Waals surface area contributed by atoms with E-state index in [2.05, 4.69) is 17.4 Å². The van der Waals surface area contributed by atoms with Crippen LogP contribution in [0.5, 0.6) is 0 Å². The zero-order chi connectivity index (χ0) is 19.3. The van der Waals surface area contributed by atoms with Gasteiger partial charge in [-0.05, 0) is 94.3 Å². The number of hydrogen-bond acceptors (Lipinski definition) is 1. The topological polar surface area (TPSA) is 9.23 Å². The first kappa shape index (κ1) is 21.0. The molecular weight excluding hydrogens is 349 g/mol. The van der Waals surface area contributed by atoms with Crippen LogP contribution in [0.4, 0.5) is 13.2 Å². The molecule has 4 heteroatoms. The van der Waals surface area contributed by atoms with Gasteiger partial charge in [0.2, 0.25) is 0 Å². The van der Waals surface area contributed by atoms with Gasteiger partial charge in [0.25, 0.3) is 0 Å². The molecule has 0 spiro atoms. The number of rotatable bonds is 6. The van der Waals surface area contributed by atoms with E-state index in [0.717, 1.165) is 43.4 Å². The van der Waals surface area contributed by atoms with E-state index in [-0.39, 0.29) is 0 Å². The van der Waals surface area contributed by atoms with E-state index < -0.39 is 12.5 Å². The van der Waals surface area contributed by atoms with E-state index in [1.165, 1.54) is 50.5 Å². The predicted octanol–water partition coefficient (Wildman–Crippen LogP) is 7.58. The molecule has 0 aromatic rings. The average molecular weight is 385 g/mol. The monoisotopic (exact) mass is 384 g/mol. The predicted molar refractivity (Wildman–Crippen MR) is 103 cm³/mol. The molecule has 0 saturated heterocycles. The van der Waals surface area contributed by atoms with E-state index in [9.17, 15) is 13.2 Å². The SMILES string of the molecule is C=CCCC1CCC([C@H]2CC=C(C3CCC(OC(F)(F)F)CC3)CC2)CC1. The second-order valence-corrected chi connectivity index (χ2v) is 9.00. The summed E-state index contributed by atoms with van der Waals surface area (Å²) in [6.07, 6.45) is 13.8. The summed E-state index contributed by atoms with van der Waals surface area (Å²) in [6, 6.07) is 0. The number of hydrogen-bond donors (Lipinski definition) is 0. The first-order chi connectivity index (χ1) is 12.9. The molecule has 0 aromatic heterocycles. The lowest BCUT2D eigenvalue weighted by molar-refractivity contribution is -0.345. The molecule has 1 atom stereocenters. The smallest absolute Gasteiger partial charge is 0.289 e. The highest BCUT2D eigenvalue weighted by Crippen LogP contribution is 2.43. The van der Waals surface area contributed by atoms with Crippen LogP contribution in [-0.2, 0) is 4.74 Å². The Morgan fingerprint density at radius 3 is 2.22 bits per heavy atom. The number of alkyl halides is 3. The van der Waals surface area contributed by atoms with Crippen LogP contribution in [0.15, 0.2) is 24.3 Å². The van der Waals surface area contributed by atoms with E-state index in [1.807, 2.05) is 6.08 Å². The highest BCUT2D eigenvalue weighted by atomic mass is 19.4. The van der Waals surface area contributed by atoms with Gasteiger partial charge in [0.1, 0.15) is 0 Å². The minimum Gasteiger partial charge on any atom is -0.289 e. The van der Waals surface area contributed by atoms with Crippen LogP contribution in [0.2, 0.25) is 0 Å². The van der Waals surface area contributed by atoms with E-state index in [4.69, 9.17) is 0 Å². The molecule has 2 fully saturated rings. The van der Waals surface area contributed by atoms with Crippen LogP contribution in [0.3, 0.4) is 0 Å². The normalized spacial score (nSPS) is 35.5. The third-order valence-electron chi connectivity index (χ3n) is 7.32. The maximum atomic E-state index is 12.4. The van der Waals surface area contributed by atoms with Crippen molar-refractivity contribution in [2.45, 2.75) is 95.9 Å². The van der Waals surface area contributed by atoms with Gasteiger partial charge in [-0.2, -0.15) is 0 Å². The van der Waals surface area contributed by atoms with Crippen molar-refractivity contribution in [2.75, 3.05) is 0 Å². The van der Waals surface area contributed by atoms with Crippen molar-refractivity contribution in [2.24, 2.45) is 23.7 Å². The number of ether oxygens (including phenoxy) is 1. The van der Waals surface area contributed by atoms with Crippen molar-refractivity contribution in [3.05, 3.63) is 24.3 Å². The lowest BCUT2D eigenvalue weighted by atomic mass is 9.69. The Bertz CT molecular complexity index is 494. The summed E-state index contributed by atoms with van der Waals surface area (Å²) in [6.45, 7) is 3.84. The minimum atomic E-state index is -4.49. The van der Waals surface area contributed by atoms with Gasteiger partial charge in [0.05, 0.1) is 6.10 Å². The van der Waals surface area contributed by atoms with E-state index in [1.54, 1.807) is 0 Å². The van der Waals surface area contributed by atoms with E-state index in [0.29, 0.717) is 18.8 Å². The lowest BCUT2D eigenvalue weighted by Crippen LogP contribution is -2.29. The fraction of sp³-hybridized carbons (Fsp3) is 0.826. The van der Waals surface area contributed by atoms with Gasteiger partial charge < -0.3 is 0 Å². The molecule has 0 aliphatic heterocycles. The number of halogens is 3. The van der Waals surface area contributed by atoms with Crippen molar-refractivity contribution in [1.82, 2.24) is 0 Å². The molecular formula is C23H35F3O. The Morgan fingerprint density at radius 1 is 0.963 bits per heavy atom. The van der Waals surface area contributed by atoms with Crippen molar-refractivity contribution in [3.63, 3.8) is 0 Å². The fourth-order valence-electron chi connectivity index (χ4n) is 5.72. The van der Waals surface area contributed by atoms with Crippen LogP contribution in [0.1, 0.15) is 83.5 Å². The van der Waals surface area contributed by atoms with Gasteiger partial charge in [-0.15, -0.1) is 19.8 Å². The summed E-state index contributed by atoms with van der Waals surface area (Å²) in [5, 5.41) is 0. The summed E-state index contributed by atoms with van der Waals surface area (Å²) in [5.41, 5.74) is 1.52. The van der Waals surface area contributed by atoms with Gasteiger partial charge in [-0.25, -0.2) is 0 Å². The minimum absolute atomic E-state index is 0.494. The molecule has 0 N–H and O–H groups in total. The van der Waals surface area contributed by atoms with Crippen molar-refractivity contribution in [3.8, 4) is 0 Å². The number of allylic oxidation sites excluding steroid dienone is 3. The Hall–Kier alpha value is -0.770. The van der Waals surface area contributed by atoms with Gasteiger partial charge in [0.15, 0.2) is 0 Å². The first-order valence-electron chi connectivity index (χ1n) is 11.0.